The van der Waals surface area contributed by atoms with Crippen LogP contribution in [0.25, 0.3) is 0 Å². The van der Waals surface area contributed by atoms with Gasteiger partial charge in [-0.25, -0.2) is 0 Å². The van der Waals surface area contributed by atoms with Crippen LogP contribution >= 0.6 is 0 Å². The largest absolute Gasteiger partial charge is 0.396 e. The third-order valence-electron chi connectivity index (χ3n) is 3.07. The SMILES string of the molecule is CC(=O)N1CC(N2CC(CO)C2)C1. The molecule has 0 saturated carbocycles. The van der Waals surface area contributed by atoms with E-state index >= 15 is 0 Å². The summed E-state index contributed by atoms with van der Waals surface area (Å²) in [6.07, 6.45) is 0. The lowest BCUT2D eigenvalue weighted by Crippen LogP contribution is -2.66. The zero-order valence-corrected chi connectivity index (χ0v) is 7.94. The molecule has 13 heavy (non-hydrogen) atoms. The van der Waals surface area contributed by atoms with Crippen LogP contribution < -0.4 is 0 Å². The van der Waals surface area contributed by atoms with E-state index in [2.05, 4.69) is 4.90 Å². The van der Waals surface area contributed by atoms with Gasteiger partial charge < -0.3 is 10.0 Å². The summed E-state index contributed by atoms with van der Waals surface area (Å²) in [6, 6.07) is 0.562. The normalized spacial score (nSPS) is 25.5. The van der Waals surface area contributed by atoms with E-state index in [0.717, 1.165) is 26.2 Å². The number of carbonyl (C=O) groups is 1. The fourth-order valence-electron chi connectivity index (χ4n) is 1.97. The second-order valence-electron chi connectivity index (χ2n) is 4.08. The summed E-state index contributed by atoms with van der Waals surface area (Å²) in [4.78, 5) is 15.1. The smallest absolute Gasteiger partial charge is 0.219 e. The van der Waals surface area contributed by atoms with Crippen LogP contribution in [0.5, 0.6) is 0 Å². The highest BCUT2D eigenvalue weighted by molar-refractivity contribution is 5.74. The molecule has 0 aromatic rings. The molecule has 0 unspecified atom stereocenters. The molecular weight excluding hydrogens is 168 g/mol. The first-order chi connectivity index (χ1) is 6.20. The van der Waals surface area contributed by atoms with Gasteiger partial charge in [-0.05, 0) is 0 Å². The molecule has 2 aliphatic heterocycles. The van der Waals surface area contributed by atoms with Crippen LogP contribution in [0, 0.1) is 5.92 Å². The van der Waals surface area contributed by atoms with Gasteiger partial charge in [0.25, 0.3) is 0 Å². The molecule has 2 fully saturated rings. The van der Waals surface area contributed by atoms with Crippen molar-refractivity contribution in [3.05, 3.63) is 0 Å². The average molecular weight is 184 g/mol. The first kappa shape index (κ1) is 8.97. The minimum absolute atomic E-state index is 0.176. The fourth-order valence-corrected chi connectivity index (χ4v) is 1.97. The second kappa shape index (κ2) is 3.27. The Balaban J connectivity index is 1.68. The van der Waals surface area contributed by atoms with Gasteiger partial charge in [0, 0.05) is 51.7 Å². The van der Waals surface area contributed by atoms with Crippen molar-refractivity contribution < 1.29 is 9.90 Å². The standard InChI is InChI=1S/C9H16N2O2/c1-7(13)10-4-9(5-10)11-2-8(3-11)6-12/h8-9,12H,2-6H2,1H3. The number of amides is 1. The van der Waals surface area contributed by atoms with Crippen LogP contribution in [0.15, 0.2) is 0 Å². The van der Waals surface area contributed by atoms with Gasteiger partial charge in [0.2, 0.25) is 5.91 Å². The van der Waals surface area contributed by atoms with E-state index in [0.29, 0.717) is 18.6 Å². The molecule has 2 heterocycles. The number of aliphatic hydroxyl groups excluding tert-OH is 1. The van der Waals surface area contributed by atoms with Crippen LogP contribution in [0.4, 0.5) is 0 Å². The van der Waals surface area contributed by atoms with Crippen LogP contribution in [0.1, 0.15) is 6.92 Å². The summed E-state index contributed by atoms with van der Waals surface area (Å²) in [5.74, 6) is 0.654. The molecule has 0 aromatic heterocycles. The van der Waals surface area contributed by atoms with Crippen LogP contribution in [-0.2, 0) is 4.79 Å². The summed E-state index contributed by atoms with van der Waals surface area (Å²) in [7, 11) is 0. The lowest BCUT2D eigenvalue weighted by molar-refractivity contribution is -0.139. The van der Waals surface area contributed by atoms with Crippen molar-refractivity contribution in [2.45, 2.75) is 13.0 Å². The molecule has 2 rings (SSSR count). The van der Waals surface area contributed by atoms with Crippen LogP contribution in [-0.4, -0.2) is 59.6 Å². The summed E-state index contributed by atoms with van der Waals surface area (Å²) in [5, 5.41) is 8.83. The number of rotatable bonds is 2. The quantitative estimate of drug-likeness (QED) is 0.607. The molecule has 0 atom stereocenters. The lowest BCUT2D eigenvalue weighted by atomic mass is 9.95. The van der Waals surface area contributed by atoms with Crippen molar-refractivity contribution >= 4 is 5.91 Å². The number of hydrogen-bond acceptors (Lipinski definition) is 3. The highest BCUT2D eigenvalue weighted by Gasteiger charge is 2.39. The van der Waals surface area contributed by atoms with Gasteiger partial charge in [-0.15, -0.1) is 0 Å². The Bertz CT molecular complexity index is 208. The predicted octanol–water partition coefficient (Wildman–Crippen LogP) is -0.859. The zero-order valence-electron chi connectivity index (χ0n) is 7.94. The van der Waals surface area contributed by atoms with Crippen LogP contribution in [0.2, 0.25) is 0 Å². The Kier molecular flexibility index (Phi) is 2.26. The van der Waals surface area contributed by atoms with Gasteiger partial charge in [-0.1, -0.05) is 0 Å². The van der Waals surface area contributed by atoms with E-state index in [9.17, 15) is 4.79 Å². The summed E-state index contributed by atoms with van der Waals surface area (Å²) in [6.45, 7) is 5.70. The van der Waals surface area contributed by atoms with Gasteiger partial charge in [0.15, 0.2) is 0 Å². The minimum atomic E-state index is 0.176. The lowest BCUT2D eigenvalue weighted by Gasteiger charge is -2.51. The molecule has 0 bridgehead atoms. The van der Waals surface area contributed by atoms with E-state index in [4.69, 9.17) is 5.11 Å². The van der Waals surface area contributed by atoms with E-state index in [1.54, 1.807) is 6.92 Å². The monoisotopic (exact) mass is 184 g/mol. The van der Waals surface area contributed by atoms with Gasteiger partial charge in [0.1, 0.15) is 0 Å². The number of nitrogens with zero attached hydrogens (tertiary/aromatic N) is 2. The zero-order chi connectivity index (χ0) is 9.42. The molecule has 0 radical (unpaired) electrons. The third kappa shape index (κ3) is 1.56. The van der Waals surface area contributed by atoms with Gasteiger partial charge in [-0.2, -0.15) is 0 Å². The molecule has 4 nitrogen and oxygen atoms in total. The Hall–Kier alpha value is -0.610. The van der Waals surface area contributed by atoms with Gasteiger partial charge in [-0.3, -0.25) is 9.69 Å². The minimum Gasteiger partial charge on any atom is -0.396 e. The first-order valence-electron chi connectivity index (χ1n) is 4.81. The van der Waals surface area contributed by atoms with Crippen molar-refractivity contribution in [1.82, 2.24) is 9.80 Å². The Labute approximate surface area is 78.1 Å². The number of likely N-dealkylation sites (tertiary alicyclic amines) is 2. The maximum absolute atomic E-state index is 10.9. The highest BCUT2D eigenvalue weighted by Crippen LogP contribution is 2.23. The van der Waals surface area contributed by atoms with Gasteiger partial charge >= 0.3 is 0 Å². The molecule has 2 saturated heterocycles. The van der Waals surface area contributed by atoms with Crippen molar-refractivity contribution in [3.8, 4) is 0 Å². The Morgan fingerprint density at radius 3 is 2.46 bits per heavy atom. The van der Waals surface area contributed by atoms with Gasteiger partial charge in [0.05, 0.1) is 0 Å². The molecule has 74 valence electrons. The maximum Gasteiger partial charge on any atom is 0.219 e. The van der Waals surface area contributed by atoms with Crippen LogP contribution in [0.3, 0.4) is 0 Å². The summed E-state index contributed by atoms with van der Waals surface area (Å²) >= 11 is 0. The molecule has 1 amide bonds. The highest BCUT2D eigenvalue weighted by atomic mass is 16.3. The summed E-state index contributed by atoms with van der Waals surface area (Å²) < 4.78 is 0. The molecular formula is C9H16N2O2. The predicted molar refractivity (Wildman–Crippen MR) is 48.2 cm³/mol. The van der Waals surface area contributed by atoms with E-state index in [-0.39, 0.29) is 5.91 Å². The van der Waals surface area contributed by atoms with Crippen molar-refractivity contribution in [3.63, 3.8) is 0 Å². The number of aliphatic hydroxyl groups is 1. The average Bonchev–Trinajstić information content (AvgIpc) is 1.89. The van der Waals surface area contributed by atoms with E-state index < -0.39 is 0 Å². The molecule has 1 N–H and O–H groups in total. The van der Waals surface area contributed by atoms with Crippen molar-refractivity contribution in [2.75, 3.05) is 32.8 Å². The Morgan fingerprint density at radius 2 is 2.00 bits per heavy atom. The second-order valence-corrected chi connectivity index (χ2v) is 4.08. The van der Waals surface area contributed by atoms with Crippen molar-refractivity contribution in [1.29, 1.82) is 0 Å². The first-order valence-corrected chi connectivity index (χ1v) is 4.81. The summed E-state index contributed by atoms with van der Waals surface area (Å²) in [5.41, 5.74) is 0. The number of carbonyl (C=O) groups excluding carboxylic acids is 1. The molecule has 4 heteroatoms. The molecule has 0 aromatic carbocycles. The molecule has 0 aliphatic carbocycles. The van der Waals surface area contributed by atoms with Crippen molar-refractivity contribution in [2.24, 2.45) is 5.92 Å². The third-order valence-corrected chi connectivity index (χ3v) is 3.07. The number of hydrogen-bond donors (Lipinski definition) is 1. The maximum atomic E-state index is 10.9. The Morgan fingerprint density at radius 1 is 1.38 bits per heavy atom. The van der Waals surface area contributed by atoms with E-state index in [1.165, 1.54) is 0 Å². The van der Waals surface area contributed by atoms with E-state index in [1.807, 2.05) is 4.90 Å². The topological polar surface area (TPSA) is 43.8 Å². The molecule has 0 spiro atoms. The fraction of sp³-hybridized carbons (Fsp3) is 0.889. The molecule has 2 aliphatic rings.